The molecule has 2 heterocycles. The second kappa shape index (κ2) is 8.41. The van der Waals surface area contributed by atoms with Crippen molar-refractivity contribution in [3.8, 4) is 5.69 Å². The molecule has 0 fully saturated rings. The average Bonchev–Trinajstić information content (AvgIpc) is 3.18. The van der Waals surface area contributed by atoms with Gasteiger partial charge in [-0.15, -0.1) is 11.3 Å². The van der Waals surface area contributed by atoms with E-state index in [1.54, 1.807) is 24.3 Å². The molecule has 0 saturated heterocycles. The van der Waals surface area contributed by atoms with E-state index < -0.39 is 0 Å². The molecule has 0 aliphatic heterocycles. The summed E-state index contributed by atoms with van der Waals surface area (Å²) in [6.07, 6.45) is 0. The molecule has 0 bridgehead atoms. The summed E-state index contributed by atoms with van der Waals surface area (Å²) in [5.41, 5.74) is 2.89. The van der Waals surface area contributed by atoms with Gasteiger partial charge < -0.3 is 5.32 Å². The molecule has 4 rings (SSSR count). The van der Waals surface area contributed by atoms with Crippen LogP contribution in [0, 0.1) is 6.92 Å². The molecule has 4 aromatic rings. The third-order valence-electron chi connectivity index (χ3n) is 4.29. The number of para-hydroxylation sites is 1. The molecule has 29 heavy (non-hydrogen) atoms. The number of aryl methyl sites for hydroxylation is 1. The summed E-state index contributed by atoms with van der Waals surface area (Å²) in [6, 6.07) is 16.4. The van der Waals surface area contributed by atoms with E-state index in [0.717, 1.165) is 11.3 Å². The van der Waals surface area contributed by atoms with Gasteiger partial charge >= 0.3 is 0 Å². The number of anilines is 1. The highest BCUT2D eigenvalue weighted by molar-refractivity contribution is 7.99. The van der Waals surface area contributed by atoms with E-state index in [4.69, 9.17) is 11.6 Å². The van der Waals surface area contributed by atoms with Crippen molar-refractivity contribution >= 4 is 56.5 Å². The van der Waals surface area contributed by atoms with Crippen LogP contribution in [0.15, 0.2) is 69.9 Å². The molecule has 0 aliphatic rings. The van der Waals surface area contributed by atoms with Crippen molar-refractivity contribution in [3.05, 3.63) is 80.9 Å². The van der Waals surface area contributed by atoms with Crippen LogP contribution in [0.2, 0.25) is 5.02 Å². The van der Waals surface area contributed by atoms with Crippen molar-refractivity contribution in [2.45, 2.75) is 12.1 Å². The molecule has 0 spiro atoms. The molecule has 1 amide bonds. The van der Waals surface area contributed by atoms with E-state index in [1.807, 2.05) is 42.6 Å². The first-order valence-electron chi connectivity index (χ1n) is 8.77. The normalized spacial score (nSPS) is 11.0. The predicted octanol–water partition coefficient (Wildman–Crippen LogP) is 5.14. The maximum atomic E-state index is 13.1. The first kappa shape index (κ1) is 19.7. The van der Waals surface area contributed by atoms with Crippen molar-refractivity contribution in [3.63, 3.8) is 0 Å². The Hall–Kier alpha value is -2.61. The topological polar surface area (TPSA) is 64.0 Å². The lowest BCUT2D eigenvalue weighted by Gasteiger charge is -2.12. The number of carbonyl (C=O) groups is 1. The Morgan fingerprint density at radius 3 is 2.69 bits per heavy atom. The minimum atomic E-state index is -0.161. The standard InChI is InChI=1S/C21H16ClN3O2S2/c1-13-4-2-3-5-16(13)23-18(26)12-29-21-24-17-10-11-28-19(17)20(27)25(21)15-8-6-14(22)7-9-15/h2-11H,12H2,1H3,(H,23,26). The highest BCUT2D eigenvalue weighted by Gasteiger charge is 2.16. The van der Waals surface area contributed by atoms with Gasteiger partial charge in [0.25, 0.3) is 5.56 Å². The lowest BCUT2D eigenvalue weighted by atomic mass is 10.2. The Balaban J connectivity index is 1.65. The van der Waals surface area contributed by atoms with Gasteiger partial charge in [0.15, 0.2) is 5.16 Å². The summed E-state index contributed by atoms with van der Waals surface area (Å²) in [6.45, 7) is 1.94. The van der Waals surface area contributed by atoms with Crippen LogP contribution in [0.4, 0.5) is 5.69 Å². The summed E-state index contributed by atoms with van der Waals surface area (Å²) in [7, 11) is 0. The number of hydrogen-bond acceptors (Lipinski definition) is 5. The average molecular weight is 442 g/mol. The Morgan fingerprint density at radius 1 is 1.17 bits per heavy atom. The monoisotopic (exact) mass is 441 g/mol. The first-order valence-corrected chi connectivity index (χ1v) is 11.0. The molecule has 1 N–H and O–H groups in total. The Kier molecular flexibility index (Phi) is 5.71. The summed E-state index contributed by atoms with van der Waals surface area (Å²) >= 11 is 8.56. The summed E-state index contributed by atoms with van der Waals surface area (Å²) in [5.74, 6) is -0.0316. The molecular formula is C21H16ClN3O2S2. The number of hydrogen-bond donors (Lipinski definition) is 1. The first-order chi connectivity index (χ1) is 14.0. The molecule has 0 unspecified atom stereocenters. The lowest BCUT2D eigenvalue weighted by Crippen LogP contribution is -2.22. The zero-order valence-electron chi connectivity index (χ0n) is 15.4. The van der Waals surface area contributed by atoms with Crippen LogP contribution >= 0.6 is 34.7 Å². The molecular weight excluding hydrogens is 426 g/mol. The second-order valence-electron chi connectivity index (χ2n) is 6.30. The third-order valence-corrected chi connectivity index (χ3v) is 6.37. The summed E-state index contributed by atoms with van der Waals surface area (Å²) < 4.78 is 2.11. The van der Waals surface area contributed by atoms with Crippen LogP contribution in [-0.4, -0.2) is 21.2 Å². The van der Waals surface area contributed by atoms with Gasteiger partial charge in [-0.2, -0.15) is 0 Å². The molecule has 0 saturated carbocycles. The van der Waals surface area contributed by atoms with Crippen LogP contribution < -0.4 is 10.9 Å². The van der Waals surface area contributed by atoms with Gasteiger partial charge in [-0.25, -0.2) is 4.98 Å². The zero-order valence-corrected chi connectivity index (χ0v) is 17.8. The minimum Gasteiger partial charge on any atom is -0.325 e. The number of aromatic nitrogens is 2. The molecule has 2 aromatic carbocycles. The quantitative estimate of drug-likeness (QED) is 0.344. The number of nitrogens with zero attached hydrogens (tertiary/aromatic N) is 2. The van der Waals surface area contributed by atoms with E-state index in [9.17, 15) is 9.59 Å². The smallest absolute Gasteiger partial charge is 0.276 e. The van der Waals surface area contributed by atoms with Crippen molar-refractivity contribution < 1.29 is 4.79 Å². The van der Waals surface area contributed by atoms with E-state index in [-0.39, 0.29) is 17.2 Å². The number of nitrogens with one attached hydrogen (secondary N) is 1. The van der Waals surface area contributed by atoms with Crippen molar-refractivity contribution in [2.24, 2.45) is 0 Å². The fraction of sp³-hybridized carbons (Fsp3) is 0.0952. The number of thiophene rings is 1. The number of carbonyl (C=O) groups excluding carboxylic acids is 1. The second-order valence-corrected chi connectivity index (χ2v) is 8.59. The van der Waals surface area contributed by atoms with Gasteiger partial charge in [0, 0.05) is 10.7 Å². The van der Waals surface area contributed by atoms with E-state index in [2.05, 4.69) is 10.3 Å². The van der Waals surface area contributed by atoms with Gasteiger partial charge in [-0.1, -0.05) is 41.6 Å². The predicted molar refractivity (Wildman–Crippen MR) is 121 cm³/mol. The Labute approximate surface area is 180 Å². The van der Waals surface area contributed by atoms with Gasteiger partial charge in [0.2, 0.25) is 5.91 Å². The maximum absolute atomic E-state index is 13.1. The van der Waals surface area contributed by atoms with Crippen molar-refractivity contribution in [1.82, 2.24) is 9.55 Å². The van der Waals surface area contributed by atoms with Crippen LogP contribution in [0.3, 0.4) is 0 Å². The van der Waals surface area contributed by atoms with Gasteiger partial charge in [-0.05, 0) is 54.3 Å². The van der Waals surface area contributed by atoms with Crippen LogP contribution in [0.1, 0.15) is 5.56 Å². The SMILES string of the molecule is Cc1ccccc1NC(=O)CSc1nc2ccsc2c(=O)n1-c1ccc(Cl)cc1. The third kappa shape index (κ3) is 4.22. The zero-order chi connectivity index (χ0) is 20.4. The number of fused-ring (bicyclic) bond motifs is 1. The molecule has 2 aromatic heterocycles. The molecule has 5 nitrogen and oxygen atoms in total. The van der Waals surface area contributed by atoms with Crippen molar-refractivity contribution in [2.75, 3.05) is 11.1 Å². The molecule has 0 radical (unpaired) electrons. The highest BCUT2D eigenvalue weighted by Crippen LogP contribution is 2.24. The van der Waals surface area contributed by atoms with Crippen LogP contribution in [-0.2, 0) is 4.79 Å². The number of thioether (sulfide) groups is 1. The number of rotatable bonds is 5. The van der Waals surface area contributed by atoms with Gasteiger partial charge in [-0.3, -0.25) is 14.2 Å². The minimum absolute atomic E-state index is 0.129. The fourth-order valence-electron chi connectivity index (χ4n) is 2.84. The van der Waals surface area contributed by atoms with Crippen LogP contribution in [0.5, 0.6) is 0 Å². The number of benzene rings is 2. The largest absolute Gasteiger partial charge is 0.325 e. The molecule has 0 aliphatic carbocycles. The number of halogens is 1. The molecule has 0 atom stereocenters. The van der Waals surface area contributed by atoms with E-state index in [1.165, 1.54) is 27.7 Å². The van der Waals surface area contributed by atoms with Gasteiger partial charge in [0.05, 0.1) is 17.0 Å². The Bertz CT molecular complexity index is 1250. The molecule has 146 valence electrons. The fourth-order valence-corrected chi connectivity index (χ4v) is 4.53. The van der Waals surface area contributed by atoms with E-state index >= 15 is 0 Å². The Morgan fingerprint density at radius 2 is 1.93 bits per heavy atom. The van der Waals surface area contributed by atoms with Crippen molar-refractivity contribution in [1.29, 1.82) is 0 Å². The van der Waals surface area contributed by atoms with Crippen LogP contribution in [0.25, 0.3) is 15.9 Å². The molecule has 8 heteroatoms. The maximum Gasteiger partial charge on any atom is 0.276 e. The lowest BCUT2D eigenvalue weighted by molar-refractivity contribution is -0.113. The highest BCUT2D eigenvalue weighted by atomic mass is 35.5. The number of amides is 1. The van der Waals surface area contributed by atoms with E-state index in [0.29, 0.717) is 26.1 Å². The summed E-state index contributed by atoms with van der Waals surface area (Å²) in [5, 5.41) is 5.78. The summed E-state index contributed by atoms with van der Waals surface area (Å²) in [4.78, 5) is 30.1. The van der Waals surface area contributed by atoms with Gasteiger partial charge in [0.1, 0.15) is 4.70 Å².